The SMILES string of the molecule is C#C/C1=C/C(C(C)(F)P)=C\CC#CC1C(C)(c1nc(Cl)ccc1OC)C(N)O. The third-order valence-electron chi connectivity index (χ3n) is 4.79. The predicted octanol–water partition coefficient (Wildman–Crippen LogP) is 3.35. The summed E-state index contributed by atoms with van der Waals surface area (Å²) >= 11 is 6.09. The number of ether oxygens (including phenoxy) is 1. The zero-order chi connectivity index (χ0) is 21.1. The highest BCUT2D eigenvalue weighted by Crippen LogP contribution is 2.43. The quantitative estimate of drug-likeness (QED) is 0.332. The molecule has 1 aliphatic carbocycles. The van der Waals surface area contributed by atoms with E-state index in [4.69, 9.17) is 28.5 Å². The van der Waals surface area contributed by atoms with Crippen molar-refractivity contribution in [1.82, 2.24) is 4.98 Å². The monoisotopic (exact) mass is 420 g/mol. The van der Waals surface area contributed by atoms with Crippen LogP contribution in [0.1, 0.15) is 26.0 Å². The van der Waals surface area contributed by atoms with Crippen LogP contribution in [0.4, 0.5) is 4.39 Å². The number of aliphatic hydroxyl groups is 1. The summed E-state index contributed by atoms with van der Waals surface area (Å²) in [7, 11) is 3.62. The molecule has 1 heterocycles. The predicted molar refractivity (Wildman–Crippen MR) is 113 cm³/mol. The lowest BCUT2D eigenvalue weighted by molar-refractivity contribution is 0.0762. The molecule has 0 aliphatic heterocycles. The number of nitrogens with zero attached hydrogens (tertiary/aromatic N) is 1. The van der Waals surface area contributed by atoms with E-state index in [1.165, 1.54) is 14.0 Å². The Kier molecular flexibility index (Phi) is 6.92. The standard InChI is InChI=1S/C21H23ClFN2O2P/c1-5-13-12-14(21(3,23)28)8-6-7-9-15(13)20(2,19(24)26)18-16(27-4)10-11-17(22)25-18/h1,8,10-12,15,19,26H,6,24,28H2,2-4H3/b13-12-,14-8+. The third kappa shape index (κ3) is 4.40. The number of rotatable bonds is 5. The maximum Gasteiger partial charge on any atom is 0.145 e. The van der Waals surface area contributed by atoms with Gasteiger partial charge in [-0.25, -0.2) is 9.37 Å². The van der Waals surface area contributed by atoms with Gasteiger partial charge in [0.15, 0.2) is 0 Å². The summed E-state index contributed by atoms with van der Waals surface area (Å²) < 4.78 is 20.0. The van der Waals surface area contributed by atoms with Gasteiger partial charge in [-0.3, -0.25) is 0 Å². The van der Waals surface area contributed by atoms with Crippen LogP contribution >= 0.6 is 20.8 Å². The fourth-order valence-electron chi connectivity index (χ4n) is 3.07. The van der Waals surface area contributed by atoms with Crippen LogP contribution in [0.15, 0.2) is 35.4 Å². The minimum atomic E-state index is -1.69. The van der Waals surface area contributed by atoms with E-state index in [1.807, 2.05) is 0 Å². The molecule has 28 heavy (non-hydrogen) atoms. The molecule has 0 bridgehead atoms. The van der Waals surface area contributed by atoms with E-state index in [9.17, 15) is 9.50 Å². The Labute approximate surface area is 172 Å². The maximum atomic E-state index is 14.6. The van der Waals surface area contributed by atoms with Crippen molar-refractivity contribution in [3.05, 3.63) is 46.3 Å². The number of terminal acetylenes is 1. The molecule has 0 saturated carbocycles. The van der Waals surface area contributed by atoms with Crippen molar-refractivity contribution in [3.8, 4) is 29.9 Å². The number of methoxy groups -OCH3 is 1. The Hall–Kier alpha value is -1.88. The van der Waals surface area contributed by atoms with Gasteiger partial charge >= 0.3 is 0 Å². The van der Waals surface area contributed by atoms with Gasteiger partial charge in [-0.05, 0) is 37.6 Å². The second kappa shape index (κ2) is 8.64. The molecule has 1 aromatic heterocycles. The fourth-order valence-corrected chi connectivity index (χ4v) is 3.42. The first-order valence-corrected chi connectivity index (χ1v) is 9.50. The largest absolute Gasteiger partial charge is 0.495 e. The highest BCUT2D eigenvalue weighted by molar-refractivity contribution is 7.19. The molecule has 0 spiro atoms. The van der Waals surface area contributed by atoms with E-state index in [-0.39, 0.29) is 5.15 Å². The van der Waals surface area contributed by atoms with Crippen LogP contribution in [-0.4, -0.2) is 28.8 Å². The zero-order valence-corrected chi connectivity index (χ0v) is 17.9. The summed E-state index contributed by atoms with van der Waals surface area (Å²) in [5.41, 5.74) is 5.80. The van der Waals surface area contributed by atoms with Crippen molar-refractivity contribution in [2.75, 3.05) is 7.11 Å². The Morgan fingerprint density at radius 1 is 1.54 bits per heavy atom. The lowest BCUT2D eigenvalue weighted by Crippen LogP contribution is -2.49. The smallest absolute Gasteiger partial charge is 0.145 e. The minimum absolute atomic E-state index is 0.203. The Bertz CT molecular complexity index is 919. The molecular formula is C21H23ClFN2O2P. The molecule has 1 aromatic rings. The zero-order valence-electron chi connectivity index (χ0n) is 16.0. The van der Waals surface area contributed by atoms with Crippen LogP contribution in [0.2, 0.25) is 5.15 Å². The lowest BCUT2D eigenvalue weighted by Gasteiger charge is -2.38. The molecule has 148 valence electrons. The van der Waals surface area contributed by atoms with Gasteiger partial charge in [-0.15, -0.1) is 6.42 Å². The van der Waals surface area contributed by atoms with Crippen LogP contribution in [0.5, 0.6) is 5.75 Å². The summed E-state index contributed by atoms with van der Waals surface area (Å²) in [6.45, 7) is 3.10. The van der Waals surface area contributed by atoms with Gasteiger partial charge in [0.05, 0.1) is 24.1 Å². The second-order valence-electron chi connectivity index (χ2n) is 6.85. The number of aliphatic hydroxyl groups excluding tert-OH is 1. The van der Waals surface area contributed by atoms with Crippen molar-refractivity contribution in [2.45, 2.75) is 37.3 Å². The number of nitrogens with two attached hydrogens (primary N) is 1. The molecule has 1 aliphatic rings. The van der Waals surface area contributed by atoms with Crippen LogP contribution in [0.25, 0.3) is 0 Å². The van der Waals surface area contributed by atoms with E-state index in [1.54, 1.807) is 31.2 Å². The van der Waals surface area contributed by atoms with Gasteiger partial charge in [-0.1, -0.05) is 44.7 Å². The number of aromatic nitrogens is 1. The number of hydrogen-bond donors (Lipinski definition) is 2. The molecule has 0 saturated heterocycles. The van der Waals surface area contributed by atoms with Crippen LogP contribution in [-0.2, 0) is 5.41 Å². The summed E-state index contributed by atoms with van der Waals surface area (Å²) in [5, 5.41) is 9.09. The van der Waals surface area contributed by atoms with Gasteiger partial charge in [0.25, 0.3) is 0 Å². The van der Waals surface area contributed by atoms with Crippen LogP contribution in [0.3, 0.4) is 0 Å². The Morgan fingerprint density at radius 2 is 2.21 bits per heavy atom. The number of halogens is 2. The Morgan fingerprint density at radius 3 is 2.75 bits per heavy atom. The average Bonchev–Trinajstić information content (AvgIpc) is 2.60. The van der Waals surface area contributed by atoms with E-state index < -0.39 is 23.0 Å². The molecule has 0 amide bonds. The molecule has 2 rings (SSSR count). The van der Waals surface area contributed by atoms with E-state index >= 15 is 0 Å². The van der Waals surface area contributed by atoms with Crippen molar-refractivity contribution in [3.63, 3.8) is 0 Å². The van der Waals surface area contributed by atoms with Crippen molar-refractivity contribution in [1.29, 1.82) is 0 Å². The minimum Gasteiger partial charge on any atom is -0.495 e. The molecule has 5 atom stereocenters. The van der Waals surface area contributed by atoms with Gasteiger partial charge in [0.2, 0.25) is 0 Å². The molecule has 5 unspecified atom stereocenters. The third-order valence-corrected chi connectivity index (χ3v) is 5.34. The van der Waals surface area contributed by atoms with Crippen molar-refractivity contribution in [2.24, 2.45) is 11.7 Å². The van der Waals surface area contributed by atoms with Crippen LogP contribution < -0.4 is 10.5 Å². The topological polar surface area (TPSA) is 68.4 Å². The molecule has 3 N–H and O–H groups in total. The van der Waals surface area contributed by atoms with Gasteiger partial charge in [-0.2, -0.15) is 0 Å². The Balaban J connectivity index is 2.76. The van der Waals surface area contributed by atoms with E-state index in [2.05, 4.69) is 32.0 Å². The molecule has 0 radical (unpaired) electrons. The van der Waals surface area contributed by atoms with Gasteiger partial charge in [0.1, 0.15) is 22.5 Å². The number of alkyl halides is 1. The van der Waals surface area contributed by atoms with Gasteiger partial charge in [0, 0.05) is 12.0 Å². The fraction of sp³-hybridized carbons (Fsp3) is 0.381. The second-order valence-corrected chi connectivity index (χ2v) is 8.32. The molecular weight excluding hydrogens is 398 g/mol. The number of pyridine rings is 1. The highest BCUT2D eigenvalue weighted by Gasteiger charge is 2.46. The van der Waals surface area contributed by atoms with Crippen molar-refractivity contribution < 1.29 is 14.2 Å². The van der Waals surface area contributed by atoms with Crippen LogP contribution in [0, 0.1) is 30.1 Å². The first-order chi connectivity index (χ1) is 13.1. The highest BCUT2D eigenvalue weighted by atomic mass is 35.5. The lowest BCUT2D eigenvalue weighted by atomic mass is 9.68. The summed E-state index contributed by atoms with van der Waals surface area (Å²) in [6.07, 6.45) is 7.93. The number of hydrogen-bond acceptors (Lipinski definition) is 4. The first kappa shape index (κ1) is 22.4. The first-order valence-electron chi connectivity index (χ1n) is 8.55. The molecule has 4 nitrogen and oxygen atoms in total. The maximum absolute atomic E-state index is 14.6. The summed E-state index contributed by atoms with van der Waals surface area (Å²) in [5.74, 6) is 8.27. The molecule has 7 heteroatoms. The van der Waals surface area contributed by atoms with Gasteiger partial charge < -0.3 is 15.6 Å². The summed E-state index contributed by atoms with van der Waals surface area (Å²) in [6, 6.07) is 3.20. The molecule has 0 fully saturated rings. The average molecular weight is 421 g/mol. The van der Waals surface area contributed by atoms with E-state index in [0.717, 1.165) is 0 Å². The van der Waals surface area contributed by atoms with E-state index in [0.29, 0.717) is 29.0 Å². The number of allylic oxidation sites excluding steroid dienone is 4. The normalized spacial score (nSPS) is 25.6. The molecule has 0 aromatic carbocycles. The summed E-state index contributed by atoms with van der Waals surface area (Å²) in [4.78, 5) is 4.35. The van der Waals surface area contributed by atoms with Crippen molar-refractivity contribution >= 4 is 20.8 Å².